The van der Waals surface area contributed by atoms with Gasteiger partial charge in [0.05, 0.1) is 16.7 Å². The number of rotatable bonds is 7. The molecule has 1 unspecified atom stereocenters. The molecule has 1 aliphatic rings. The van der Waals surface area contributed by atoms with Gasteiger partial charge in [-0.25, -0.2) is 0 Å². The van der Waals surface area contributed by atoms with E-state index >= 15 is 0 Å². The Bertz CT molecular complexity index is 636. The van der Waals surface area contributed by atoms with Gasteiger partial charge < -0.3 is 5.32 Å². The summed E-state index contributed by atoms with van der Waals surface area (Å²) < 4.78 is 0. The molecule has 0 spiro atoms. The van der Waals surface area contributed by atoms with Crippen LogP contribution >= 0.6 is 23.4 Å². The molecular weight excluding hydrogens is 328 g/mol. The fourth-order valence-corrected chi connectivity index (χ4v) is 4.01. The Labute approximate surface area is 147 Å². The lowest BCUT2D eigenvalue weighted by Gasteiger charge is -2.25. The lowest BCUT2D eigenvalue weighted by Crippen LogP contribution is -2.31. The number of carbonyl (C=O) groups excluding carboxylic acids is 1. The molecule has 1 aromatic carbocycles. The third-order valence-electron chi connectivity index (χ3n) is 3.88. The SMILES string of the molecule is CCCCCCSC1=C(C#N)C(c2ccccc2Cl)CC(=O)N1. The van der Waals surface area contributed by atoms with Crippen molar-refractivity contribution in [2.45, 2.75) is 44.9 Å². The van der Waals surface area contributed by atoms with E-state index < -0.39 is 0 Å². The largest absolute Gasteiger partial charge is 0.320 e. The van der Waals surface area contributed by atoms with Crippen LogP contribution in [0.2, 0.25) is 5.02 Å². The first-order valence-corrected chi connectivity index (χ1v) is 9.35. The molecule has 1 N–H and O–H groups in total. The standard InChI is InChI=1S/C18H21ClN2OS/c1-2-3-4-7-10-23-18-15(12-20)14(11-17(22)21-18)13-8-5-6-9-16(13)19/h5-6,8-9,14H,2-4,7,10-11H2,1H3,(H,21,22). The van der Waals surface area contributed by atoms with Gasteiger partial charge in [-0.1, -0.05) is 56.0 Å². The van der Waals surface area contributed by atoms with Gasteiger partial charge in [-0.2, -0.15) is 5.26 Å². The quantitative estimate of drug-likeness (QED) is 0.706. The summed E-state index contributed by atoms with van der Waals surface area (Å²) in [5.41, 5.74) is 1.47. The highest BCUT2D eigenvalue weighted by atomic mass is 35.5. The number of hydrogen-bond donors (Lipinski definition) is 1. The summed E-state index contributed by atoms with van der Waals surface area (Å²) in [6.45, 7) is 2.18. The van der Waals surface area contributed by atoms with Crippen LogP contribution in [0.25, 0.3) is 0 Å². The topological polar surface area (TPSA) is 52.9 Å². The maximum Gasteiger partial charge on any atom is 0.225 e. The molecular formula is C18H21ClN2OS. The first-order valence-electron chi connectivity index (χ1n) is 7.98. The van der Waals surface area contributed by atoms with Gasteiger partial charge in [0.15, 0.2) is 0 Å². The van der Waals surface area contributed by atoms with Crippen molar-refractivity contribution in [2.24, 2.45) is 0 Å². The maximum atomic E-state index is 12.1. The Morgan fingerprint density at radius 2 is 2.13 bits per heavy atom. The molecule has 1 aliphatic heterocycles. The molecule has 0 fully saturated rings. The number of hydrogen-bond acceptors (Lipinski definition) is 3. The van der Waals surface area contributed by atoms with E-state index in [4.69, 9.17) is 11.6 Å². The number of unbranched alkanes of at least 4 members (excludes halogenated alkanes) is 3. The predicted molar refractivity (Wildman–Crippen MR) is 96.2 cm³/mol. The molecule has 0 aromatic heterocycles. The van der Waals surface area contributed by atoms with Gasteiger partial charge in [-0.15, -0.1) is 11.8 Å². The van der Waals surface area contributed by atoms with Gasteiger partial charge in [-0.05, 0) is 23.8 Å². The Kier molecular flexibility index (Phi) is 7.01. The molecule has 1 amide bonds. The highest BCUT2D eigenvalue weighted by molar-refractivity contribution is 8.03. The van der Waals surface area contributed by atoms with Crippen molar-refractivity contribution >= 4 is 29.3 Å². The first-order chi connectivity index (χ1) is 11.2. The number of halogens is 1. The highest BCUT2D eigenvalue weighted by Gasteiger charge is 2.30. The summed E-state index contributed by atoms with van der Waals surface area (Å²) in [6, 6.07) is 9.73. The van der Waals surface area contributed by atoms with Crippen molar-refractivity contribution in [3.63, 3.8) is 0 Å². The molecule has 0 saturated carbocycles. The third kappa shape index (κ3) is 4.76. The van der Waals surface area contributed by atoms with E-state index in [2.05, 4.69) is 18.3 Å². The van der Waals surface area contributed by atoms with E-state index in [-0.39, 0.29) is 18.2 Å². The second kappa shape index (κ2) is 9.00. The van der Waals surface area contributed by atoms with Gasteiger partial charge in [0.2, 0.25) is 5.91 Å². The van der Waals surface area contributed by atoms with Crippen LogP contribution in [-0.2, 0) is 4.79 Å². The van der Waals surface area contributed by atoms with Crippen molar-refractivity contribution in [1.29, 1.82) is 5.26 Å². The Hall–Kier alpha value is -1.44. The van der Waals surface area contributed by atoms with Crippen molar-refractivity contribution in [2.75, 3.05) is 5.75 Å². The molecule has 2 rings (SSSR count). The van der Waals surface area contributed by atoms with Crippen molar-refractivity contribution in [3.05, 3.63) is 45.5 Å². The molecule has 23 heavy (non-hydrogen) atoms. The number of nitrogens with one attached hydrogen (secondary N) is 1. The van der Waals surface area contributed by atoms with E-state index in [0.29, 0.717) is 15.6 Å². The molecule has 0 saturated heterocycles. The second-order valence-electron chi connectivity index (χ2n) is 5.59. The van der Waals surface area contributed by atoms with E-state index in [1.165, 1.54) is 19.3 Å². The summed E-state index contributed by atoms with van der Waals surface area (Å²) in [5.74, 6) is 0.612. The molecule has 3 nitrogen and oxygen atoms in total. The van der Waals surface area contributed by atoms with E-state index in [0.717, 1.165) is 17.7 Å². The lowest BCUT2D eigenvalue weighted by molar-refractivity contribution is -0.120. The van der Waals surface area contributed by atoms with Gasteiger partial charge in [0, 0.05) is 17.4 Å². The second-order valence-corrected chi connectivity index (χ2v) is 7.10. The number of amides is 1. The van der Waals surface area contributed by atoms with Crippen LogP contribution in [0, 0.1) is 11.3 Å². The van der Waals surface area contributed by atoms with Crippen LogP contribution in [0.3, 0.4) is 0 Å². The minimum Gasteiger partial charge on any atom is -0.320 e. The van der Waals surface area contributed by atoms with E-state index in [1.807, 2.05) is 18.2 Å². The number of thioether (sulfide) groups is 1. The zero-order chi connectivity index (χ0) is 16.7. The Morgan fingerprint density at radius 3 is 2.83 bits per heavy atom. The van der Waals surface area contributed by atoms with Crippen molar-refractivity contribution in [3.8, 4) is 6.07 Å². The molecule has 122 valence electrons. The summed E-state index contributed by atoms with van der Waals surface area (Å²) >= 11 is 7.84. The lowest BCUT2D eigenvalue weighted by atomic mass is 9.87. The number of carbonyl (C=O) groups is 1. The summed E-state index contributed by atoms with van der Waals surface area (Å²) in [5, 5.41) is 13.8. The summed E-state index contributed by atoms with van der Waals surface area (Å²) in [4.78, 5) is 12.1. The van der Waals surface area contributed by atoms with Crippen LogP contribution < -0.4 is 5.32 Å². The smallest absolute Gasteiger partial charge is 0.225 e. The maximum absolute atomic E-state index is 12.1. The van der Waals surface area contributed by atoms with E-state index in [1.54, 1.807) is 17.8 Å². The minimum atomic E-state index is -0.249. The molecule has 1 heterocycles. The number of nitrogens with zero attached hydrogens (tertiary/aromatic N) is 1. The molecule has 5 heteroatoms. The van der Waals surface area contributed by atoms with Gasteiger partial charge in [0.25, 0.3) is 0 Å². The van der Waals surface area contributed by atoms with E-state index in [9.17, 15) is 10.1 Å². The fraction of sp³-hybridized carbons (Fsp3) is 0.444. The van der Waals surface area contributed by atoms with Crippen molar-refractivity contribution < 1.29 is 4.79 Å². The minimum absolute atomic E-state index is 0.0509. The summed E-state index contributed by atoms with van der Waals surface area (Å²) in [6.07, 6.45) is 4.96. The number of benzene rings is 1. The third-order valence-corrected chi connectivity index (χ3v) is 5.33. The van der Waals surface area contributed by atoms with Gasteiger partial charge in [-0.3, -0.25) is 4.79 Å². The number of nitriles is 1. The van der Waals surface area contributed by atoms with Gasteiger partial charge >= 0.3 is 0 Å². The van der Waals surface area contributed by atoms with Crippen molar-refractivity contribution in [1.82, 2.24) is 5.32 Å². The predicted octanol–water partition coefficient (Wildman–Crippen LogP) is 4.99. The average Bonchev–Trinajstić information content (AvgIpc) is 2.54. The van der Waals surface area contributed by atoms with Crippen LogP contribution in [0.5, 0.6) is 0 Å². The molecule has 0 radical (unpaired) electrons. The average molecular weight is 349 g/mol. The van der Waals surface area contributed by atoms with Gasteiger partial charge in [0.1, 0.15) is 0 Å². The van der Waals surface area contributed by atoms with Crippen LogP contribution in [0.4, 0.5) is 0 Å². The number of allylic oxidation sites excluding steroid dienone is 1. The van der Waals surface area contributed by atoms with Crippen LogP contribution in [-0.4, -0.2) is 11.7 Å². The highest BCUT2D eigenvalue weighted by Crippen LogP contribution is 2.38. The van der Waals surface area contributed by atoms with Crippen LogP contribution in [0.15, 0.2) is 34.9 Å². The normalized spacial score (nSPS) is 17.8. The molecule has 0 bridgehead atoms. The zero-order valence-electron chi connectivity index (χ0n) is 13.3. The Balaban J connectivity index is 2.19. The zero-order valence-corrected chi connectivity index (χ0v) is 14.8. The molecule has 1 atom stereocenters. The first kappa shape index (κ1) is 17.9. The molecule has 1 aromatic rings. The Morgan fingerprint density at radius 1 is 1.35 bits per heavy atom. The van der Waals surface area contributed by atoms with Crippen LogP contribution in [0.1, 0.15) is 50.5 Å². The molecule has 0 aliphatic carbocycles. The fourth-order valence-electron chi connectivity index (χ4n) is 2.66. The summed E-state index contributed by atoms with van der Waals surface area (Å²) in [7, 11) is 0. The monoisotopic (exact) mass is 348 g/mol.